The van der Waals surface area contributed by atoms with E-state index in [1.807, 2.05) is 12.1 Å². The van der Waals surface area contributed by atoms with E-state index >= 15 is 0 Å². The number of unbranched alkanes of at least 4 members (excludes halogenated alkanes) is 3. The maximum Gasteiger partial charge on any atom is 0.120 e. The van der Waals surface area contributed by atoms with Crippen LogP contribution in [0.1, 0.15) is 38.2 Å². The Morgan fingerprint density at radius 2 is 2.28 bits per heavy atom. The van der Waals surface area contributed by atoms with Crippen LogP contribution in [-0.2, 0) is 4.74 Å². The van der Waals surface area contributed by atoms with Crippen LogP contribution in [0.3, 0.4) is 0 Å². The lowest BCUT2D eigenvalue weighted by Gasteiger charge is -2.04. The Morgan fingerprint density at radius 3 is 3.06 bits per heavy atom. The number of hydrogen-bond acceptors (Lipinski definition) is 2. The molecule has 0 aliphatic carbocycles. The van der Waals surface area contributed by atoms with Crippen LogP contribution in [0.2, 0.25) is 0 Å². The molecule has 1 aliphatic heterocycles. The van der Waals surface area contributed by atoms with Crippen molar-refractivity contribution in [3.8, 4) is 5.75 Å². The molecule has 1 aromatic rings. The van der Waals surface area contributed by atoms with Crippen molar-refractivity contribution in [3.63, 3.8) is 0 Å². The Morgan fingerprint density at radius 1 is 1.39 bits per heavy atom. The van der Waals surface area contributed by atoms with Crippen molar-refractivity contribution in [2.24, 2.45) is 0 Å². The first-order chi connectivity index (χ1) is 8.88. The van der Waals surface area contributed by atoms with Gasteiger partial charge in [0.25, 0.3) is 0 Å². The summed E-state index contributed by atoms with van der Waals surface area (Å²) in [7, 11) is 0. The number of allylic oxidation sites excluding steroid dienone is 1. The number of epoxide rings is 1. The van der Waals surface area contributed by atoms with Crippen LogP contribution >= 0.6 is 0 Å². The highest BCUT2D eigenvalue weighted by Crippen LogP contribution is 2.17. The number of ether oxygens (including phenoxy) is 2. The van der Waals surface area contributed by atoms with E-state index in [1.165, 1.54) is 24.8 Å². The van der Waals surface area contributed by atoms with E-state index in [9.17, 15) is 0 Å². The van der Waals surface area contributed by atoms with Gasteiger partial charge in [0.05, 0.1) is 6.61 Å². The minimum atomic E-state index is 0.318. The minimum Gasteiger partial charge on any atom is -0.491 e. The zero-order valence-corrected chi connectivity index (χ0v) is 11.1. The van der Waals surface area contributed by atoms with Gasteiger partial charge in [-0.3, -0.25) is 0 Å². The average molecular weight is 246 g/mol. The van der Waals surface area contributed by atoms with Crippen LogP contribution < -0.4 is 4.74 Å². The molecular formula is C16H22O2. The standard InChI is InChI=1S/C16H22O2/c1-2-3-4-5-6-8-14-9-7-10-15(11-14)17-12-16-13-18-16/h6-11,16H,2-5,12-13H2,1H3/b8-6+. The molecule has 1 aliphatic rings. The molecule has 1 saturated heterocycles. The molecule has 0 N–H and O–H groups in total. The molecule has 2 rings (SSSR count). The summed E-state index contributed by atoms with van der Waals surface area (Å²) in [5.74, 6) is 0.932. The first-order valence-corrected chi connectivity index (χ1v) is 6.89. The Balaban J connectivity index is 1.78. The van der Waals surface area contributed by atoms with E-state index in [-0.39, 0.29) is 0 Å². The summed E-state index contributed by atoms with van der Waals surface area (Å²) >= 11 is 0. The summed E-state index contributed by atoms with van der Waals surface area (Å²) in [4.78, 5) is 0. The van der Waals surface area contributed by atoms with Gasteiger partial charge in [-0.05, 0) is 30.5 Å². The molecule has 0 saturated carbocycles. The third kappa shape index (κ3) is 4.92. The second-order valence-electron chi connectivity index (χ2n) is 4.74. The fourth-order valence-corrected chi connectivity index (χ4v) is 1.79. The van der Waals surface area contributed by atoms with Gasteiger partial charge in [0, 0.05) is 0 Å². The molecule has 0 radical (unpaired) electrons. The molecule has 1 unspecified atom stereocenters. The molecule has 1 atom stereocenters. The number of benzene rings is 1. The Hall–Kier alpha value is -1.28. The van der Waals surface area contributed by atoms with Gasteiger partial charge in [0.1, 0.15) is 18.5 Å². The third-order valence-corrected chi connectivity index (χ3v) is 2.98. The summed E-state index contributed by atoms with van der Waals surface area (Å²) < 4.78 is 10.8. The average Bonchev–Trinajstić information content (AvgIpc) is 3.21. The summed E-state index contributed by atoms with van der Waals surface area (Å²) in [6, 6.07) is 8.22. The van der Waals surface area contributed by atoms with E-state index in [2.05, 4.69) is 31.2 Å². The largest absolute Gasteiger partial charge is 0.491 e. The summed E-state index contributed by atoms with van der Waals surface area (Å²) in [5.41, 5.74) is 1.21. The molecule has 0 aromatic heterocycles. The highest BCUT2D eigenvalue weighted by molar-refractivity contribution is 5.51. The van der Waals surface area contributed by atoms with Crippen molar-refractivity contribution in [2.45, 2.75) is 38.7 Å². The first kappa shape index (κ1) is 13.2. The molecule has 2 nitrogen and oxygen atoms in total. The predicted octanol–water partition coefficient (Wildman–Crippen LogP) is 4.06. The van der Waals surface area contributed by atoms with E-state index < -0.39 is 0 Å². The minimum absolute atomic E-state index is 0.318. The number of rotatable bonds is 8. The van der Waals surface area contributed by atoms with Crippen molar-refractivity contribution < 1.29 is 9.47 Å². The normalized spacial score (nSPS) is 18.2. The zero-order valence-electron chi connectivity index (χ0n) is 11.1. The van der Waals surface area contributed by atoms with Crippen molar-refractivity contribution in [1.82, 2.24) is 0 Å². The number of hydrogen-bond donors (Lipinski definition) is 0. The predicted molar refractivity (Wildman–Crippen MR) is 74.9 cm³/mol. The second-order valence-corrected chi connectivity index (χ2v) is 4.74. The zero-order chi connectivity index (χ0) is 12.6. The lowest BCUT2D eigenvalue weighted by molar-refractivity contribution is 0.263. The summed E-state index contributed by atoms with van der Waals surface area (Å²) in [5, 5.41) is 0. The highest BCUT2D eigenvalue weighted by atomic mass is 16.6. The fourth-order valence-electron chi connectivity index (χ4n) is 1.79. The van der Waals surface area contributed by atoms with Crippen molar-refractivity contribution >= 4 is 6.08 Å². The van der Waals surface area contributed by atoms with Crippen molar-refractivity contribution in [2.75, 3.05) is 13.2 Å². The highest BCUT2D eigenvalue weighted by Gasteiger charge is 2.22. The molecule has 1 aromatic carbocycles. The van der Waals surface area contributed by atoms with Crippen molar-refractivity contribution in [3.05, 3.63) is 35.9 Å². The monoisotopic (exact) mass is 246 g/mol. The molecule has 2 heteroatoms. The first-order valence-electron chi connectivity index (χ1n) is 6.89. The van der Waals surface area contributed by atoms with E-state index in [0.29, 0.717) is 12.7 Å². The molecule has 98 valence electrons. The maximum atomic E-state index is 5.66. The third-order valence-electron chi connectivity index (χ3n) is 2.98. The molecule has 0 amide bonds. The quantitative estimate of drug-likeness (QED) is 0.509. The maximum absolute atomic E-state index is 5.66. The molecular weight excluding hydrogens is 224 g/mol. The lowest BCUT2D eigenvalue weighted by Crippen LogP contribution is -2.03. The summed E-state index contributed by atoms with van der Waals surface area (Å²) in [6.45, 7) is 3.74. The van der Waals surface area contributed by atoms with Gasteiger partial charge < -0.3 is 9.47 Å². The molecule has 0 bridgehead atoms. The van der Waals surface area contributed by atoms with Gasteiger partial charge >= 0.3 is 0 Å². The van der Waals surface area contributed by atoms with E-state index in [4.69, 9.17) is 9.47 Å². The van der Waals surface area contributed by atoms with Gasteiger partial charge in [-0.2, -0.15) is 0 Å². The molecule has 18 heavy (non-hydrogen) atoms. The summed E-state index contributed by atoms with van der Waals surface area (Å²) in [6.07, 6.45) is 9.78. The fraction of sp³-hybridized carbons (Fsp3) is 0.500. The smallest absolute Gasteiger partial charge is 0.120 e. The molecule has 1 heterocycles. The van der Waals surface area contributed by atoms with Crippen LogP contribution in [-0.4, -0.2) is 19.3 Å². The Labute approximate surface area is 110 Å². The van der Waals surface area contributed by atoms with Crippen LogP contribution in [0.15, 0.2) is 30.3 Å². The van der Waals surface area contributed by atoms with Crippen LogP contribution in [0.25, 0.3) is 6.08 Å². The van der Waals surface area contributed by atoms with Crippen LogP contribution in [0, 0.1) is 0 Å². The molecule has 1 fully saturated rings. The van der Waals surface area contributed by atoms with E-state index in [0.717, 1.165) is 18.8 Å². The van der Waals surface area contributed by atoms with Crippen LogP contribution in [0.5, 0.6) is 5.75 Å². The van der Waals surface area contributed by atoms with Crippen LogP contribution in [0.4, 0.5) is 0 Å². The molecule has 0 spiro atoms. The van der Waals surface area contributed by atoms with Gasteiger partial charge in [0.15, 0.2) is 0 Å². The van der Waals surface area contributed by atoms with Gasteiger partial charge in [-0.25, -0.2) is 0 Å². The Bertz CT molecular complexity index is 380. The second kappa shape index (κ2) is 7.22. The van der Waals surface area contributed by atoms with Gasteiger partial charge in [-0.1, -0.05) is 44.1 Å². The topological polar surface area (TPSA) is 21.8 Å². The van der Waals surface area contributed by atoms with Gasteiger partial charge in [0.2, 0.25) is 0 Å². The SMILES string of the molecule is CCCCC/C=C/c1cccc(OCC2CO2)c1. The lowest BCUT2D eigenvalue weighted by atomic mass is 10.1. The van der Waals surface area contributed by atoms with E-state index in [1.54, 1.807) is 0 Å². The van der Waals surface area contributed by atoms with Gasteiger partial charge in [-0.15, -0.1) is 0 Å². The Kier molecular flexibility index (Phi) is 5.28. The van der Waals surface area contributed by atoms with Crippen molar-refractivity contribution in [1.29, 1.82) is 0 Å².